The van der Waals surface area contributed by atoms with E-state index >= 15 is 0 Å². The van der Waals surface area contributed by atoms with E-state index in [0.29, 0.717) is 5.56 Å². The van der Waals surface area contributed by atoms with Gasteiger partial charge in [-0.15, -0.1) is 5.01 Å². The Hall–Kier alpha value is -5.98. The lowest BCUT2D eigenvalue weighted by Crippen LogP contribution is -2.36. The van der Waals surface area contributed by atoms with Gasteiger partial charge in [0, 0.05) is 12.0 Å². The number of fused-ring (bicyclic) bond motifs is 1. The third-order valence-electron chi connectivity index (χ3n) is 7.79. The summed E-state index contributed by atoms with van der Waals surface area (Å²) in [6, 6.07) is 18.5. The normalized spacial score (nSPS) is 16.5. The maximum absolute atomic E-state index is 13.5. The summed E-state index contributed by atoms with van der Waals surface area (Å²) in [7, 11) is -4.48. The summed E-state index contributed by atoms with van der Waals surface area (Å²) in [5.41, 5.74) is 0.857. The zero-order valence-corrected chi connectivity index (χ0v) is 26.7. The van der Waals surface area contributed by atoms with Crippen molar-refractivity contribution in [3.8, 4) is 16.9 Å². The van der Waals surface area contributed by atoms with Gasteiger partial charge in [-0.3, -0.25) is 9.59 Å². The molecular weight excluding hydrogens is 687 g/mol. The SMILES string of the molecule is Cc1ccc(-c2cc(C(F)(F)F)nn2-c2ccc(S(=O)(=O)NC(=O)OC3CCN(/[N+]([O-])=N\OCN4C(=O)c5ccccc5C4=O)C3)cc2)cc1. The topological polar surface area (TPSA) is 179 Å². The Bertz CT molecular complexity index is 2070. The van der Waals surface area contributed by atoms with E-state index in [-0.39, 0.29) is 51.9 Å². The van der Waals surface area contributed by atoms with E-state index in [4.69, 9.17) is 9.57 Å². The molecule has 3 aromatic carbocycles. The number of carbonyl (C=O) groups is 3. The molecule has 1 unspecified atom stereocenters. The number of hydrogen-bond donors (Lipinski definition) is 1. The second-order valence-corrected chi connectivity index (χ2v) is 12.9. The van der Waals surface area contributed by atoms with Crippen molar-refractivity contribution in [1.29, 1.82) is 0 Å². The number of carbonyl (C=O) groups excluding carboxylic acids is 3. The number of ether oxygens (including phenoxy) is 1. The van der Waals surface area contributed by atoms with Gasteiger partial charge in [-0.2, -0.15) is 18.3 Å². The molecule has 260 valence electrons. The summed E-state index contributed by atoms with van der Waals surface area (Å²) in [5.74, 6) is -1.20. The second-order valence-electron chi connectivity index (χ2n) is 11.2. The van der Waals surface area contributed by atoms with Crippen molar-refractivity contribution in [2.24, 2.45) is 5.28 Å². The highest BCUT2D eigenvalue weighted by atomic mass is 32.2. The first-order valence-corrected chi connectivity index (χ1v) is 16.3. The number of rotatable bonds is 9. The second kappa shape index (κ2) is 13.1. The summed E-state index contributed by atoms with van der Waals surface area (Å²) < 4.78 is 74.4. The van der Waals surface area contributed by atoms with E-state index in [1.165, 1.54) is 24.3 Å². The van der Waals surface area contributed by atoms with Crippen LogP contribution in [-0.2, 0) is 25.8 Å². The number of aryl methyl sites for hydroxylation is 1. The number of imide groups is 1. The lowest BCUT2D eigenvalue weighted by molar-refractivity contribution is -0.708. The smallest absolute Gasteiger partial charge is 0.435 e. The van der Waals surface area contributed by atoms with Gasteiger partial charge in [-0.25, -0.2) is 27.5 Å². The van der Waals surface area contributed by atoms with Crippen LogP contribution in [0.4, 0.5) is 18.0 Å². The first-order chi connectivity index (χ1) is 23.7. The molecule has 1 fully saturated rings. The molecule has 50 heavy (non-hydrogen) atoms. The minimum atomic E-state index is -4.73. The van der Waals surface area contributed by atoms with Crippen molar-refractivity contribution in [1.82, 2.24) is 24.4 Å². The maximum Gasteiger partial charge on any atom is 0.435 e. The van der Waals surface area contributed by atoms with Crippen molar-refractivity contribution in [2.75, 3.05) is 19.8 Å². The average molecular weight is 714 g/mol. The summed E-state index contributed by atoms with van der Waals surface area (Å²) in [5, 5.41) is 20.5. The van der Waals surface area contributed by atoms with Crippen LogP contribution in [0.15, 0.2) is 89.0 Å². The van der Waals surface area contributed by atoms with Gasteiger partial charge >= 0.3 is 12.3 Å². The number of hydrogen-bond acceptors (Lipinski definition) is 10. The van der Waals surface area contributed by atoms with Crippen molar-refractivity contribution in [3.63, 3.8) is 0 Å². The fraction of sp³-hybridized carbons (Fsp3) is 0.226. The molecule has 1 aromatic heterocycles. The molecule has 3 amide bonds. The highest BCUT2D eigenvalue weighted by molar-refractivity contribution is 7.90. The van der Waals surface area contributed by atoms with Gasteiger partial charge in [0.2, 0.25) is 12.0 Å². The van der Waals surface area contributed by atoms with E-state index < -0.39 is 52.6 Å². The molecule has 0 saturated carbocycles. The molecular formula is C31H26F3N7O8S. The molecule has 0 aliphatic carbocycles. The van der Waals surface area contributed by atoms with Gasteiger partial charge in [0.05, 0.1) is 38.9 Å². The van der Waals surface area contributed by atoms with Gasteiger partial charge < -0.3 is 14.8 Å². The number of nitrogens with zero attached hydrogens (tertiary/aromatic N) is 6. The third kappa shape index (κ3) is 6.93. The number of benzene rings is 3. The molecule has 2 aliphatic heterocycles. The molecule has 0 spiro atoms. The summed E-state index contributed by atoms with van der Waals surface area (Å²) >= 11 is 0. The number of nitrogens with one attached hydrogen (secondary N) is 1. The van der Waals surface area contributed by atoms with Gasteiger partial charge in [0.15, 0.2) is 5.69 Å². The highest BCUT2D eigenvalue weighted by Crippen LogP contribution is 2.33. The molecule has 3 heterocycles. The van der Waals surface area contributed by atoms with Crippen molar-refractivity contribution in [2.45, 2.75) is 30.5 Å². The molecule has 19 heteroatoms. The van der Waals surface area contributed by atoms with Gasteiger partial charge in [-0.05, 0) is 49.4 Å². The maximum atomic E-state index is 13.5. The zero-order valence-electron chi connectivity index (χ0n) is 25.9. The van der Waals surface area contributed by atoms with Crippen LogP contribution in [0.5, 0.6) is 0 Å². The van der Waals surface area contributed by atoms with Gasteiger partial charge in [0.1, 0.15) is 12.6 Å². The largest absolute Gasteiger partial charge is 0.569 e. The van der Waals surface area contributed by atoms with Crippen LogP contribution >= 0.6 is 0 Å². The zero-order chi connectivity index (χ0) is 35.8. The fourth-order valence-electron chi connectivity index (χ4n) is 5.26. The Morgan fingerprint density at radius 1 is 1.04 bits per heavy atom. The fourth-order valence-corrected chi connectivity index (χ4v) is 6.14. The molecule has 0 bridgehead atoms. The first-order valence-electron chi connectivity index (χ1n) is 14.8. The van der Waals surface area contributed by atoms with Crippen LogP contribution in [0.25, 0.3) is 16.9 Å². The minimum Gasteiger partial charge on any atom is -0.569 e. The molecule has 1 atom stereocenters. The van der Waals surface area contributed by atoms with E-state index in [1.807, 2.05) is 6.92 Å². The molecule has 1 saturated heterocycles. The van der Waals surface area contributed by atoms with Gasteiger partial charge in [0.25, 0.3) is 21.8 Å². The molecule has 1 N–H and O–H groups in total. The summed E-state index contributed by atoms with van der Waals surface area (Å²) in [6.07, 6.45) is -6.85. The Morgan fingerprint density at radius 2 is 1.68 bits per heavy atom. The number of aromatic nitrogens is 2. The molecule has 4 aromatic rings. The monoisotopic (exact) mass is 713 g/mol. The number of hydrazine groups is 1. The lowest BCUT2D eigenvalue weighted by Gasteiger charge is -2.15. The van der Waals surface area contributed by atoms with E-state index in [2.05, 4.69) is 10.4 Å². The van der Waals surface area contributed by atoms with Crippen LogP contribution in [-0.4, -0.2) is 76.9 Å². The Labute approximate surface area is 281 Å². The number of alkyl halides is 3. The predicted octanol–water partition coefficient (Wildman–Crippen LogP) is 4.42. The third-order valence-corrected chi connectivity index (χ3v) is 9.12. The van der Waals surface area contributed by atoms with Crippen molar-refractivity contribution in [3.05, 3.63) is 106 Å². The lowest BCUT2D eigenvalue weighted by atomic mass is 10.1. The Kier molecular flexibility index (Phi) is 8.91. The first kappa shape index (κ1) is 33.9. The van der Waals surface area contributed by atoms with Crippen molar-refractivity contribution < 1.29 is 50.5 Å². The van der Waals surface area contributed by atoms with E-state index in [0.717, 1.165) is 38.4 Å². The predicted molar refractivity (Wildman–Crippen MR) is 164 cm³/mol. The van der Waals surface area contributed by atoms with Crippen molar-refractivity contribution >= 4 is 27.9 Å². The van der Waals surface area contributed by atoms with Crippen LogP contribution in [0.3, 0.4) is 0 Å². The molecule has 2 aliphatic rings. The Balaban J connectivity index is 1.04. The summed E-state index contributed by atoms with van der Waals surface area (Å²) in [6.45, 7) is 1.07. The Morgan fingerprint density at radius 3 is 2.30 bits per heavy atom. The van der Waals surface area contributed by atoms with Crippen LogP contribution in [0.2, 0.25) is 0 Å². The molecule has 6 rings (SSSR count). The van der Waals surface area contributed by atoms with Crippen LogP contribution in [0.1, 0.15) is 38.4 Å². The highest BCUT2D eigenvalue weighted by Gasteiger charge is 2.37. The minimum absolute atomic E-state index is 0.0452. The quantitative estimate of drug-likeness (QED) is 0.113. The standard InChI is InChI=1S/C31H26F3N7O8S/c1-19-6-8-20(9-7-19)26-16-27(31(32,33)34)35-40(26)21-10-12-23(13-11-21)50(46,47)36-30(44)49-22-14-15-38(17-22)41(45)37-48-18-39-28(42)24-4-2-3-5-25(24)29(39)43/h2-13,16,22H,14-15,17-18H2,1H3,(H,36,44)/b41-37+. The number of halogens is 3. The van der Waals surface area contributed by atoms with E-state index in [1.54, 1.807) is 41.1 Å². The van der Waals surface area contributed by atoms with Gasteiger partial charge in [-0.1, -0.05) is 42.0 Å². The van der Waals surface area contributed by atoms with Crippen LogP contribution in [0, 0.1) is 12.1 Å². The van der Waals surface area contributed by atoms with Crippen LogP contribution < -0.4 is 4.72 Å². The average Bonchev–Trinajstić information content (AvgIpc) is 3.79. The molecule has 0 radical (unpaired) electrons. The molecule has 15 nitrogen and oxygen atoms in total. The number of amides is 3. The number of sulfonamides is 1. The van der Waals surface area contributed by atoms with E-state index in [9.17, 15) is 41.2 Å². The summed E-state index contributed by atoms with van der Waals surface area (Å²) in [4.78, 5) is 42.6.